The zero-order chi connectivity index (χ0) is 27.8. The Morgan fingerprint density at radius 3 is 2.65 bits per heavy atom. The van der Waals surface area contributed by atoms with Crippen LogP contribution in [0.1, 0.15) is 40.1 Å². The molecule has 2 aromatic carbocycles. The molecule has 0 saturated carbocycles. The Hall–Kier alpha value is -5.76. The number of aryl methyl sites for hydroxylation is 1. The highest BCUT2D eigenvalue weighted by molar-refractivity contribution is 6.05. The van der Waals surface area contributed by atoms with E-state index >= 15 is 0 Å². The van der Waals surface area contributed by atoms with E-state index in [9.17, 15) is 9.59 Å². The van der Waals surface area contributed by atoms with Crippen LogP contribution in [0, 0.1) is 11.8 Å². The number of carbonyl (C=O) groups excluding carboxylic acids is 1. The molecular formula is C29H23N9O2. The molecule has 0 radical (unpaired) electrons. The number of para-hydroxylation sites is 1. The van der Waals surface area contributed by atoms with E-state index in [-0.39, 0.29) is 16.9 Å². The largest absolute Gasteiger partial charge is 0.382 e. The number of nitrogens with one attached hydrogen (secondary N) is 1. The number of amides is 1. The Balaban J connectivity index is 1.48. The smallest absolute Gasteiger partial charge is 0.264 e. The summed E-state index contributed by atoms with van der Waals surface area (Å²) in [4.78, 5) is 27.5. The van der Waals surface area contributed by atoms with E-state index in [1.807, 2.05) is 74.8 Å². The number of hydrogen-bond acceptors (Lipinski definition) is 7. The van der Waals surface area contributed by atoms with Gasteiger partial charge in [-0.1, -0.05) is 42.2 Å². The third-order valence-electron chi connectivity index (χ3n) is 6.54. The van der Waals surface area contributed by atoms with Crippen molar-refractivity contribution in [3.63, 3.8) is 0 Å². The summed E-state index contributed by atoms with van der Waals surface area (Å²) in [6, 6.07) is 16.1. The number of nitrogen functional groups attached to an aromatic ring is 1. The highest BCUT2D eigenvalue weighted by Crippen LogP contribution is 2.24. The number of benzene rings is 2. The molecule has 0 aliphatic rings. The van der Waals surface area contributed by atoms with E-state index in [0.29, 0.717) is 33.2 Å². The first-order chi connectivity index (χ1) is 19.4. The third kappa shape index (κ3) is 4.33. The average molecular weight is 530 g/mol. The summed E-state index contributed by atoms with van der Waals surface area (Å²) < 4.78 is 4.67. The maximum absolute atomic E-state index is 14.2. The lowest BCUT2D eigenvalue weighted by molar-refractivity contribution is 0.0941. The van der Waals surface area contributed by atoms with E-state index in [4.69, 9.17) is 5.73 Å². The fourth-order valence-electron chi connectivity index (χ4n) is 4.69. The van der Waals surface area contributed by atoms with E-state index in [1.54, 1.807) is 15.4 Å². The van der Waals surface area contributed by atoms with Crippen molar-refractivity contribution >= 4 is 28.0 Å². The molecule has 40 heavy (non-hydrogen) atoms. The number of fused-ring (bicyclic) bond motifs is 2. The van der Waals surface area contributed by atoms with Crippen molar-refractivity contribution in [1.29, 1.82) is 0 Å². The van der Waals surface area contributed by atoms with Gasteiger partial charge in [0.25, 0.3) is 11.5 Å². The SMILES string of the molecule is C[C@H](NC(=O)c1c(N)nn2cnncc12)c1cc2cccc(C#Cc3cnn(C)c3)c2c(=O)n1-c1ccccc1. The Kier molecular flexibility index (Phi) is 6.05. The lowest BCUT2D eigenvalue weighted by Crippen LogP contribution is -2.32. The van der Waals surface area contributed by atoms with Crippen molar-refractivity contribution < 1.29 is 4.79 Å². The first kappa shape index (κ1) is 24.6. The average Bonchev–Trinajstić information content (AvgIpc) is 3.53. The molecule has 196 valence electrons. The van der Waals surface area contributed by atoms with Gasteiger partial charge in [-0.2, -0.15) is 10.2 Å². The Morgan fingerprint density at radius 1 is 1.05 bits per heavy atom. The molecule has 3 N–H and O–H groups in total. The molecule has 1 atom stereocenters. The maximum atomic E-state index is 14.2. The van der Waals surface area contributed by atoms with Gasteiger partial charge in [-0.15, -0.1) is 10.2 Å². The van der Waals surface area contributed by atoms with E-state index < -0.39 is 11.9 Å². The third-order valence-corrected chi connectivity index (χ3v) is 6.54. The molecular weight excluding hydrogens is 506 g/mol. The normalized spacial score (nSPS) is 11.8. The zero-order valence-electron chi connectivity index (χ0n) is 21.6. The van der Waals surface area contributed by atoms with Crippen LogP contribution in [0.5, 0.6) is 0 Å². The molecule has 4 heterocycles. The van der Waals surface area contributed by atoms with Crippen LogP contribution in [0.15, 0.2) is 84.3 Å². The summed E-state index contributed by atoms with van der Waals surface area (Å²) in [7, 11) is 1.82. The van der Waals surface area contributed by atoms with Gasteiger partial charge in [0, 0.05) is 30.2 Å². The summed E-state index contributed by atoms with van der Waals surface area (Å²) >= 11 is 0. The number of hydrogen-bond donors (Lipinski definition) is 2. The molecule has 6 rings (SSSR count). The van der Waals surface area contributed by atoms with Crippen LogP contribution in [-0.2, 0) is 7.05 Å². The monoisotopic (exact) mass is 529 g/mol. The molecule has 4 aromatic heterocycles. The summed E-state index contributed by atoms with van der Waals surface area (Å²) in [5.41, 5.74) is 9.00. The van der Waals surface area contributed by atoms with Crippen molar-refractivity contribution in [1.82, 2.24) is 39.5 Å². The van der Waals surface area contributed by atoms with Crippen LogP contribution >= 0.6 is 0 Å². The standard InChI is InChI=1S/C29H23N9O2/c1-18(34-28(39)26-24-15-31-32-17-37(24)35-27(26)30)23-13-21-8-6-7-20(12-11-19-14-33-36(2)16-19)25(21)29(40)38(23)22-9-4-3-5-10-22/h3-10,13-18H,1-2H3,(H2,30,35)(H,34,39)/t18-/m0/s1. The molecule has 11 nitrogen and oxygen atoms in total. The van der Waals surface area contributed by atoms with E-state index in [0.717, 1.165) is 5.56 Å². The summed E-state index contributed by atoms with van der Waals surface area (Å²) in [5.74, 6) is 5.83. The molecule has 1 amide bonds. The number of aromatic nitrogens is 7. The maximum Gasteiger partial charge on any atom is 0.264 e. The molecule has 0 unspecified atom stereocenters. The predicted molar refractivity (Wildman–Crippen MR) is 150 cm³/mol. The molecule has 6 aromatic rings. The Bertz CT molecular complexity index is 2030. The summed E-state index contributed by atoms with van der Waals surface area (Å²) in [5, 5.41) is 20.1. The van der Waals surface area contributed by atoms with Crippen LogP contribution in [0.3, 0.4) is 0 Å². The first-order valence-corrected chi connectivity index (χ1v) is 12.4. The molecule has 0 bridgehead atoms. The second-order valence-corrected chi connectivity index (χ2v) is 9.23. The van der Waals surface area contributed by atoms with Crippen LogP contribution in [0.4, 0.5) is 5.82 Å². The molecule has 0 spiro atoms. The fourth-order valence-corrected chi connectivity index (χ4v) is 4.69. The van der Waals surface area contributed by atoms with Crippen LogP contribution in [0.2, 0.25) is 0 Å². The molecule has 0 fully saturated rings. The van der Waals surface area contributed by atoms with Crippen molar-refractivity contribution in [2.75, 3.05) is 5.73 Å². The highest BCUT2D eigenvalue weighted by Gasteiger charge is 2.23. The number of pyridine rings is 1. The number of carbonyl (C=O) groups is 1. The van der Waals surface area contributed by atoms with Crippen LogP contribution in [-0.4, -0.2) is 40.1 Å². The molecule has 0 aliphatic heterocycles. The Labute approximate surface area is 227 Å². The molecule has 11 heteroatoms. The van der Waals surface area contributed by atoms with Gasteiger partial charge in [-0.25, -0.2) is 4.52 Å². The van der Waals surface area contributed by atoms with Gasteiger partial charge in [-0.05, 0) is 36.6 Å². The second-order valence-electron chi connectivity index (χ2n) is 9.23. The molecule has 0 aliphatic carbocycles. The van der Waals surface area contributed by atoms with Gasteiger partial charge in [0.1, 0.15) is 17.4 Å². The quantitative estimate of drug-likeness (QED) is 0.335. The number of nitrogens with two attached hydrogens (primary N) is 1. The highest BCUT2D eigenvalue weighted by atomic mass is 16.2. The topological polar surface area (TPSA) is 138 Å². The summed E-state index contributed by atoms with van der Waals surface area (Å²) in [6.07, 6.45) is 6.28. The number of nitrogens with zero attached hydrogens (tertiary/aromatic N) is 7. The van der Waals surface area contributed by atoms with Crippen molar-refractivity contribution in [2.24, 2.45) is 7.05 Å². The first-order valence-electron chi connectivity index (χ1n) is 12.4. The minimum absolute atomic E-state index is 0.0512. The second kappa shape index (κ2) is 9.85. The van der Waals surface area contributed by atoms with Crippen LogP contribution in [0.25, 0.3) is 22.0 Å². The van der Waals surface area contributed by atoms with E-state index in [2.05, 4.69) is 37.6 Å². The van der Waals surface area contributed by atoms with Crippen molar-refractivity contribution in [3.8, 4) is 17.5 Å². The van der Waals surface area contributed by atoms with Crippen molar-refractivity contribution in [2.45, 2.75) is 13.0 Å². The fraction of sp³-hybridized carbons (Fsp3) is 0.103. The van der Waals surface area contributed by atoms with Gasteiger partial charge >= 0.3 is 0 Å². The van der Waals surface area contributed by atoms with Crippen molar-refractivity contribution in [3.05, 3.63) is 112 Å². The van der Waals surface area contributed by atoms with Gasteiger partial charge in [0.2, 0.25) is 0 Å². The van der Waals surface area contributed by atoms with Gasteiger partial charge in [0.15, 0.2) is 5.82 Å². The zero-order valence-corrected chi connectivity index (χ0v) is 21.6. The van der Waals surface area contributed by atoms with Gasteiger partial charge in [-0.3, -0.25) is 18.8 Å². The number of rotatable bonds is 4. The number of anilines is 1. The Morgan fingerprint density at radius 2 is 1.88 bits per heavy atom. The van der Waals surface area contributed by atoms with Crippen LogP contribution < -0.4 is 16.6 Å². The van der Waals surface area contributed by atoms with Gasteiger partial charge in [0.05, 0.1) is 29.4 Å². The predicted octanol–water partition coefficient (Wildman–Crippen LogP) is 2.63. The minimum atomic E-state index is -0.584. The lowest BCUT2D eigenvalue weighted by atomic mass is 10.0. The lowest BCUT2D eigenvalue weighted by Gasteiger charge is -2.21. The van der Waals surface area contributed by atoms with Gasteiger partial charge < -0.3 is 11.1 Å². The summed E-state index contributed by atoms with van der Waals surface area (Å²) in [6.45, 7) is 1.81. The van der Waals surface area contributed by atoms with E-state index in [1.165, 1.54) is 17.0 Å². The molecule has 0 saturated heterocycles. The minimum Gasteiger partial charge on any atom is -0.382 e.